The van der Waals surface area contributed by atoms with Gasteiger partial charge in [-0.05, 0) is 44.2 Å². The molecule has 20 heavy (non-hydrogen) atoms. The lowest BCUT2D eigenvalue weighted by atomic mass is 9.91. The van der Waals surface area contributed by atoms with Gasteiger partial charge in [-0.2, -0.15) is 0 Å². The van der Waals surface area contributed by atoms with E-state index < -0.39 is 10.8 Å². The van der Waals surface area contributed by atoms with E-state index in [-0.39, 0.29) is 16.8 Å². The van der Waals surface area contributed by atoms with E-state index in [1.54, 1.807) is 0 Å². The van der Waals surface area contributed by atoms with Crippen molar-refractivity contribution in [1.29, 1.82) is 0 Å². The molecule has 0 bridgehead atoms. The molecule has 0 spiro atoms. The zero-order chi connectivity index (χ0) is 14.7. The summed E-state index contributed by atoms with van der Waals surface area (Å²) in [5.74, 6) is 0.859. The molecule has 0 heterocycles. The van der Waals surface area contributed by atoms with Gasteiger partial charge in [0.2, 0.25) is 0 Å². The van der Waals surface area contributed by atoms with Gasteiger partial charge in [-0.1, -0.05) is 37.5 Å². The van der Waals surface area contributed by atoms with Crippen molar-refractivity contribution in [3.63, 3.8) is 0 Å². The highest BCUT2D eigenvalue weighted by atomic mass is 32.2. The number of aryl methyl sites for hydroxylation is 2. The lowest BCUT2D eigenvalue weighted by molar-refractivity contribution is 0.102. The zero-order valence-electron chi connectivity index (χ0n) is 12.6. The van der Waals surface area contributed by atoms with Crippen LogP contribution in [0.4, 0.5) is 0 Å². The van der Waals surface area contributed by atoms with Crippen LogP contribution in [-0.4, -0.2) is 21.0 Å². The van der Waals surface area contributed by atoms with Crippen LogP contribution in [0.3, 0.4) is 0 Å². The van der Waals surface area contributed by atoms with Crippen molar-refractivity contribution in [2.24, 2.45) is 5.92 Å². The molecule has 0 saturated heterocycles. The highest BCUT2D eigenvalue weighted by Crippen LogP contribution is 2.27. The molecular formula is C17H24O2S. The lowest BCUT2D eigenvalue weighted by Gasteiger charge is -2.25. The molecule has 1 aromatic rings. The minimum absolute atomic E-state index is 0.0303. The van der Waals surface area contributed by atoms with Crippen LogP contribution >= 0.6 is 0 Å². The smallest absolute Gasteiger partial charge is 0.175 e. The average molecular weight is 292 g/mol. The first-order valence-corrected chi connectivity index (χ1v) is 8.83. The predicted molar refractivity (Wildman–Crippen MR) is 84.7 cm³/mol. The van der Waals surface area contributed by atoms with E-state index in [1.165, 1.54) is 6.42 Å². The summed E-state index contributed by atoms with van der Waals surface area (Å²) in [6.45, 7) is 6.14. The fraction of sp³-hybridized carbons (Fsp3) is 0.588. The zero-order valence-corrected chi connectivity index (χ0v) is 13.5. The van der Waals surface area contributed by atoms with Crippen molar-refractivity contribution < 1.29 is 9.00 Å². The fourth-order valence-corrected chi connectivity index (χ4v) is 4.60. The summed E-state index contributed by atoms with van der Waals surface area (Å²) < 4.78 is 12.4. The molecule has 3 heteroatoms. The van der Waals surface area contributed by atoms with Gasteiger partial charge in [0, 0.05) is 21.6 Å². The van der Waals surface area contributed by atoms with E-state index in [9.17, 15) is 9.00 Å². The Morgan fingerprint density at radius 1 is 1.30 bits per heavy atom. The van der Waals surface area contributed by atoms with Crippen LogP contribution in [0.5, 0.6) is 0 Å². The van der Waals surface area contributed by atoms with Crippen molar-refractivity contribution in [2.75, 3.05) is 5.75 Å². The van der Waals surface area contributed by atoms with Gasteiger partial charge in [-0.15, -0.1) is 0 Å². The maximum absolute atomic E-state index is 12.4. The molecule has 2 rings (SSSR count). The van der Waals surface area contributed by atoms with Crippen LogP contribution in [0, 0.1) is 19.8 Å². The molecule has 0 aromatic heterocycles. The monoisotopic (exact) mass is 292 g/mol. The second kappa shape index (κ2) is 6.66. The highest BCUT2D eigenvalue weighted by Gasteiger charge is 2.25. The number of benzene rings is 1. The van der Waals surface area contributed by atoms with Gasteiger partial charge in [-0.3, -0.25) is 9.00 Å². The number of Topliss-reactive ketones (excluding diaryl/α,β-unsaturated/α-hetero) is 1. The van der Waals surface area contributed by atoms with Crippen molar-refractivity contribution in [3.05, 3.63) is 34.9 Å². The summed E-state index contributed by atoms with van der Waals surface area (Å²) in [5, 5.41) is 0.216. The largest absolute Gasteiger partial charge is 0.293 e. The van der Waals surface area contributed by atoms with Crippen LogP contribution in [0.25, 0.3) is 0 Å². The number of carbonyl (C=O) groups excluding carboxylic acids is 1. The Bertz CT molecular complexity index is 522. The Kier molecular flexibility index (Phi) is 5.14. The molecule has 0 radical (unpaired) electrons. The second-order valence-electron chi connectivity index (χ2n) is 6.16. The Labute approximate surface area is 124 Å². The summed E-state index contributed by atoms with van der Waals surface area (Å²) in [6, 6.07) is 5.89. The molecule has 2 nitrogen and oxygen atoms in total. The molecule has 3 unspecified atom stereocenters. The van der Waals surface area contributed by atoms with Crippen LogP contribution in [-0.2, 0) is 10.8 Å². The normalized spacial score (nSPS) is 24.4. The Balaban J connectivity index is 2.03. The van der Waals surface area contributed by atoms with Crippen molar-refractivity contribution in [1.82, 2.24) is 0 Å². The molecule has 1 saturated carbocycles. The minimum Gasteiger partial charge on any atom is -0.293 e. The number of ketones is 1. The third-order valence-corrected chi connectivity index (χ3v) is 5.95. The van der Waals surface area contributed by atoms with Crippen LogP contribution < -0.4 is 0 Å². The number of carbonyl (C=O) groups is 1. The summed E-state index contributed by atoms with van der Waals surface area (Å²) in [6.07, 6.45) is 4.40. The van der Waals surface area contributed by atoms with E-state index in [2.05, 4.69) is 6.92 Å². The molecule has 0 N–H and O–H groups in total. The van der Waals surface area contributed by atoms with Crippen molar-refractivity contribution >= 4 is 16.6 Å². The van der Waals surface area contributed by atoms with E-state index >= 15 is 0 Å². The second-order valence-corrected chi connectivity index (χ2v) is 7.88. The molecular weight excluding hydrogens is 268 g/mol. The highest BCUT2D eigenvalue weighted by molar-refractivity contribution is 7.86. The van der Waals surface area contributed by atoms with E-state index in [0.29, 0.717) is 5.92 Å². The van der Waals surface area contributed by atoms with E-state index in [0.717, 1.165) is 36.0 Å². The van der Waals surface area contributed by atoms with Crippen LogP contribution in [0.2, 0.25) is 0 Å². The van der Waals surface area contributed by atoms with Gasteiger partial charge >= 0.3 is 0 Å². The first-order valence-electron chi connectivity index (χ1n) is 7.45. The SMILES string of the molecule is Cc1ccc(C)c(C(=O)CS(=O)C2CCCC(C)C2)c1. The van der Waals surface area contributed by atoms with E-state index in [1.807, 2.05) is 32.0 Å². The third-order valence-electron chi connectivity index (χ3n) is 4.23. The van der Waals surface area contributed by atoms with Gasteiger partial charge in [0.15, 0.2) is 5.78 Å². The number of rotatable bonds is 4. The maximum Gasteiger partial charge on any atom is 0.175 e. The first kappa shape index (κ1) is 15.4. The first-order chi connectivity index (χ1) is 9.47. The topological polar surface area (TPSA) is 34.1 Å². The number of hydrogen-bond acceptors (Lipinski definition) is 2. The van der Waals surface area contributed by atoms with Crippen molar-refractivity contribution in [3.8, 4) is 0 Å². The molecule has 0 amide bonds. The Hall–Kier alpha value is -0.960. The summed E-state index contributed by atoms with van der Waals surface area (Å²) in [7, 11) is -1.02. The van der Waals surface area contributed by atoms with E-state index in [4.69, 9.17) is 0 Å². The third kappa shape index (κ3) is 3.78. The molecule has 1 aliphatic rings. The minimum atomic E-state index is -1.02. The quantitative estimate of drug-likeness (QED) is 0.791. The van der Waals surface area contributed by atoms with Gasteiger partial charge in [0.05, 0.1) is 5.75 Å². The van der Waals surface area contributed by atoms with Gasteiger partial charge < -0.3 is 0 Å². The van der Waals surface area contributed by atoms with Crippen molar-refractivity contribution in [2.45, 2.75) is 51.7 Å². The number of hydrogen-bond donors (Lipinski definition) is 0. The molecule has 0 aliphatic heterocycles. The Morgan fingerprint density at radius 3 is 2.75 bits per heavy atom. The molecule has 1 aliphatic carbocycles. The van der Waals surface area contributed by atoms with Gasteiger partial charge in [0.25, 0.3) is 0 Å². The van der Waals surface area contributed by atoms with Gasteiger partial charge in [0.1, 0.15) is 0 Å². The lowest BCUT2D eigenvalue weighted by Crippen LogP contribution is -2.27. The average Bonchev–Trinajstić information content (AvgIpc) is 2.41. The summed E-state index contributed by atoms with van der Waals surface area (Å²) >= 11 is 0. The molecule has 1 aromatic carbocycles. The Morgan fingerprint density at radius 2 is 2.05 bits per heavy atom. The van der Waals surface area contributed by atoms with Crippen LogP contribution in [0.15, 0.2) is 18.2 Å². The fourth-order valence-electron chi connectivity index (χ4n) is 2.98. The maximum atomic E-state index is 12.4. The van der Waals surface area contributed by atoms with Crippen LogP contribution in [0.1, 0.15) is 54.1 Å². The van der Waals surface area contributed by atoms with Gasteiger partial charge in [-0.25, -0.2) is 0 Å². The molecule has 110 valence electrons. The summed E-state index contributed by atoms with van der Waals surface area (Å²) in [5.41, 5.74) is 2.80. The molecule has 1 fully saturated rings. The molecule has 3 atom stereocenters. The standard InChI is InChI=1S/C17H24O2S/c1-12-5-4-6-15(9-12)20(19)11-17(18)16-10-13(2)7-8-14(16)3/h7-8,10,12,15H,4-6,9,11H2,1-3H3. The predicted octanol–water partition coefficient (Wildman–Crippen LogP) is 3.81. The summed E-state index contributed by atoms with van der Waals surface area (Å²) in [4.78, 5) is 12.4.